The van der Waals surface area contributed by atoms with Gasteiger partial charge in [0.05, 0.1) is 10.5 Å². The van der Waals surface area contributed by atoms with E-state index in [0.29, 0.717) is 0 Å². The molecule has 0 heterocycles. The van der Waals surface area contributed by atoms with Gasteiger partial charge in [0, 0.05) is 18.8 Å². The van der Waals surface area contributed by atoms with Crippen LogP contribution in [0.3, 0.4) is 0 Å². The third-order valence-corrected chi connectivity index (χ3v) is 6.98. The molecular formula is C20H22F2N2O3S. The highest BCUT2D eigenvalue weighted by Crippen LogP contribution is 2.27. The lowest BCUT2D eigenvalue weighted by atomic mass is 9.96. The third-order valence-electron chi connectivity index (χ3n) is 5.05. The molecule has 0 saturated heterocycles. The van der Waals surface area contributed by atoms with Gasteiger partial charge in [-0.05, 0) is 55.3 Å². The number of carbonyl (C=O) groups excluding carboxylic acids is 1. The fourth-order valence-electron chi connectivity index (χ4n) is 3.39. The molecule has 1 amide bonds. The highest BCUT2D eigenvalue weighted by atomic mass is 32.2. The van der Waals surface area contributed by atoms with Crippen LogP contribution < -0.4 is 5.32 Å². The summed E-state index contributed by atoms with van der Waals surface area (Å²) in [5.41, 5.74) is -0.137. The first kappa shape index (κ1) is 20.4. The van der Waals surface area contributed by atoms with Crippen molar-refractivity contribution in [2.24, 2.45) is 0 Å². The molecule has 1 aliphatic carbocycles. The highest BCUT2D eigenvalue weighted by molar-refractivity contribution is 7.89. The largest absolute Gasteiger partial charge is 0.322 e. The molecule has 0 spiro atoms. The molecule has 8 heteroatoms. The van der Waals surface area contributed by atoms with Crippen LogP contribution in [-0.4, -0.2) is 31.7 Å². The Labute approximate surface area is 163 Å². The molecule has 0 radical (unpaired) electrons. The van der Waals surface area contributed by atoms with Gasteiger partial charge in [-0.1, -0.05) is 19.3 Å². The Balaban J connectivity index is 1.73. The predicted molar refractivity (Wildman–Crippen MR) is 103 cm³/mol. The quantitative estimate of drug-likeness (QED) is 0.808. The zero-order chi connectivity index (χ0) is 20.3. The zero-order valence-electron chi connectivity index (χ0n) is 15.5. The van der Waals surface area contributed by atoms with E-state index in [-0.39, 0.29) is 16.6 Å². The second kappa shape index (κ2) is 8.36. The first-order valence-electron chi connectivity index (χ1n) is 9.13. The molecule has 2 aromatic rings. The predicted octanol–water partition coefficient (Wildman–Crippen LogP) is 4.17. The van der Waals surface area contributed by atoms with Gasteiger partial charge in [-0.3, -0.25) is 4.79 Å². The molecule has 1 fully saturated rings. The topological polar surface area (TPSA) is 66.5 Å². The normalized spacial score (nSPS) is 15.6. The molecule has 0 atom stereocenters. The van der Waals surface area contributed by atoms with Gasteiger partial charge < -0.3 is 5.32 Å². The van der Waals surface area contributed by atoms with E-state index in [4.69, 9.17) is 0 Å². The number of carbonyl (C=O) groups is 1. The van der Waals surface area contributed by atoms with E-state index in [9.17, 15) is 22.0 Å². The molecule has 150 valence electrons. The monoisotopic (exact) mass is 408 g/mol. The Morgan fingerprint density at radius 3 is 2.32 bits per heavy atom. The van der Waals surface area contributed by atoms with Crippen molar-refractivity contribution < 1.29 is 22.0 Å². The number of hydrogen-bond acceptors (Lipinski definition) is 3. The van der Waals surface area contributed by atoms with E-state index in [0.717, 1.165) is 50.3 Å². The highest BCUT2D eigenvalue weighted by Gasteiger charge is 2.29. The van der Waals surface area contributed by atoms with Crippen molar-refractivity contribution in [3.63, 3.8) is 0 Å². The van der Waals surface area contributed by atoms with Crippen molar-refractivity contribution in [3.05, 3.63) is 59.7 Å². The fraction of sp³-hybridized carbons (Fsp3) is 0.350. The third kappa shape index (κ3) is 4.39. The van der Waals surface area contributed by atoms with Crippen molar-refractivity contribution in [2.45, 2.75) is 43.0 Å². The number of halogens is 2. The van der Waals surface area contributed by atoms with Gasteiger partial charge in [0.15, 0.2) is 0 Å². The van der Waals surface area contributed by atoms with Crippen molar-refractivity contribution >= 4 is 21.6 Å². The Kier molecular flexibility index (Phi) is 6.10. The second-order valence-electron chi connectivity index (χ2n) is 6.92. The van der Waals surface area contributed by atoms with Gasteiger partial charge in [-0.15, -0.1) is 0 Å². The summed E-state index contributed by atoms with van der Waals surface area (Å²) in [6, 6.07) is 8.25. The summed E-state index contributed by atoms with van der Waals surface area (Å²) >= 11 is 0. The summed E-state index contributed by atoms with van der Waals surface area (Å²) in [5, 5.41) is 2.44. The number of anilines is 1. The Bertz CT molecular complexity index is 956. The molecular weight excluding hydrogens is 386 g/mol. The van der Waals surface area contributed by atoms with E-state index in [1.165, 1.54) is 28.6 Å². The van der Waals surface area contributed by atoms with Crippen LogP contribution in [0.1, 0.15) is 42.5 Å². The first-order valence-corrected chi connectivity index (χ1v) is 10.6. The maximum absolute atomic E-state index is 13.7. The minimum atomic E-state index is -3.64. The SMILES string of the molecule is CN(C1CCCCC1)S(=O)(=O)c1ccc(NC(=O)c2cc(F)ccc2F)cc1. The first-order chi connectivity index (χ1) is 13.3. The van der Waals surface area contributed by atoms with Crippen molar-refractivity contribution in [3.8, 4) is 0 Å². The van der Waals surface area contributed by atoms with Crippen LogP contribution in [0.4, 0.5) is 14.5 Å². The summed E-state index contributed by atoms with van der Waals surface area (Å²) in [6.07, 6.45) is 4.87. The lowest BCUT2D eigenvalue weighted by Crippen LogP contribution is -2.38. The molecule has 0 unspecified atom stereocenters. The number of hydrogen-bond donors (Lipinski definition) is 1. The number of benzene rings is 2. The minimum Gasteiger partial charge on any atom is -0.322 e. The van der Waals surface area contributed by atoms with Gasteiger partial charge in [0.1, 0.15) is 11.6 Å². The number of amides is 1. The van der Waals surface area contributed by atoms with Crippen molar-refractivity contribution in [1.82, 2.24) is 4.31 Å². The second-order valence-corrected chi connectivity index (χ2v) is 8.91. The Morgan fingerprint density at radius 2 is 1.68 bits per heavy atom. The van der Waals surface area contributed by atoms with E-state index < -0.39 is 33.1 Å². The fourth-order valence-corrected chi connectivity index (χ4v) is 4.80. The summed E-state index contributed by atoms with van der Waals surface area (Å²) in [7, 11) is -2.05. The van der Waals surface area contributed by atoms with Crippen molar-refractivity contribution in [2.75, 3.05) is 12.4 Å². The van der Waals surface area contributed by atoms with Crippen LogP contribution in [0.2, 0.25) is 0 Å². The summed E-state index contributed by atoms with van der Waals surface area (Å²) < 4.78 is 54.0. The number of nitrogens with one attached hydrogen (secondary N) is 1. The molecule has 0 aromatic heterocycles. The van der Waals surface area contributed by atoms with Crippen LogP contribution in [0, 0.1) is 11.6 Å². The lowest BCUT2D eigenvalue weighted by Gasteiger charge is -2.30. The maximum atomic E-state index is 13.7. The molecule has 1 saturated carbocycles. The molecule has 1 aliphatic rings. The van der Waals surface area contributed by atoms with Gasteiger partial charge in [0.2, 0.25) is 10.0 Å². The average molecular weight is 408 g/mol. The smallest absolute Gasteiger partial charge is 0.258 e. The summed E-state index contributed by atoms with van der Waals surface area (Å²) in [5.74, 6) is -2.38. The van der Waals surface area contributed by atoms with Gasteiger partial charge in [0.25, 0.3) is 5.91 Å². The van der Waals surface area contributed by atoms with Gasteiger partial charge in [-0.25, -0.2) is 17.2 Å². The van der Waals surface area contributed by atoms with E-state index >= 15 is 0 Å². The summed E-state index contributed by atoms with van der Waals surface area (Å²) in [4.78, 5) is 12.3. The van der Waals surface area contributed by atoms with E-state index in [1.54, 1.807) is 7.05 Å². The molecule has 2 aromatic carbocycles. The molecule has 0 bridgehead atoms. The maximum Gasteiger partial charge on any atom is 0.258 e. The van der Waals surface area contributed by atoms with Gasteiger partial charge >= 0.3 is 0 Å². The molecule has 1 N–H and O–H groups in total. The van der Waals surface area contributed by atoms with Crippen LogP contribution in [-0.2, 0) is 10.0 Å². The van der Waals surface area contributed by atoms with E-state index in [1.807, 2.05) is 0 Å². The summed E-state index contributed by atoms with van der Waals surface area (Å²) in [6.45, 7) is 0. The van der Waals surface area contributed by atoms with Crippen LogP contribution in [0.5, 0.6) is 0 Å². The molecule has 3 rings (SSSR count). The minimum absolute atomic E-state index is 0.00548. The number of nitrogens with zero attached hydrogens (tertiary/aromatic N) is 1. The van der Waals surface area contributed by atoms with Crippen LogP contribution in [0.25, 0.3) is 0 Å². The Hall–Kier alpha value is -2.32. The number of sulfonamides is 1. The molecule has 28 heavy (non-hydrogen) atoms. The number of rotatable bonds is 5. The average Bonchev–Trinajstić information content (AvgIpc) is 2.70. The van der Waals surface area contributed by atoms with E-state index in [2.05, 4.69) is 5.32 Å². The lowest BCUT2D eigenvalue weighted by molar-refractivity contribution is 0.102. The standard InChI is InChI=1S/C20H22F2N2O3S/c1-24(16-5-3-2-4-6-16)28(26,27)17-10-8-15(9-11-17)23-20(25)18-13-14(21)7-12-19(18)22/h7-13,16H,2-6H2,1H3,(H,23,25). The Morgan fingerprint density at radius 1 is 1.04 bits per heavy atom. The van der Waals surface area contributed by atoms with Crippen molar-refractivity contribution in [1.29, 1.82) is 0 Å². The molecule has 0 aliphatic heterocycles. The van der Waals surface area contributed by atoms with Gasteiger partial charge in [-0.2, -0.15) is 4.31 Å². The van der Waals surface area contributed by atoms with Crippen LogP contribution in [0.15, 0.2) is 47.4 Å². The van der Waals surface area contributed by atoms with Crippen LogP contribution >= 0.6 is 0 Å². The zero-order valence-corrected chi connectivity index (χ0v) is 16.3. The molecule has 5 nitrogen and oxygen atoms in total.